The maximum Gasteiger partial charge on any atom is 0.240 e. The summed E-state index contributed by atoms with van der Waals surface area (Å²) in [4.78, 5) is 4.16. The smallest absolute Gasteiger partial charge is 0.240 e. The number of methoxy groups -OCH3 is 2. The van der Waals surface area contributed by atoms with E-state index < -0.39 is 0 Å². The fourth-order valence-corrected chi connectivity index (χ4v) is 2.21. The Bertz CT molecular complexity index is 598. The van der Waals surface area contributed by atoms with Crippen LogP contribution in [0.2, 0.25) is 5.02 Å². The van der Waals surface area contributed by atoms with Gasteiger partial charge in [-0.2, -0.15) is 4.98 Å². The van der Waals surface area contributed by atoms with Crippen LogP contribution in [0.3, 0.4) is 0 Å². The minimum Gasteiger partial charge on any atom is -0.495 e. The molecule has 1 aromatic heterocycles. The zero-order valence-corrected chi connectivity index (χ0v) is 11.6. The lowest BCUT2D eigenvalue weighted by atomic mass is 10.1. The SMILES string of the molecule is COc1c(C)cc(-c2noc(CN)n2)c(OC)c1Cl. The molecule has 2 rings (SSSR count). The molecule has 0 aliphatic heterocycles. The third-order valence-electron chi connectivity index (χ3n) is 2.65. The molecule has 0 spiro atoms. The summed E-state index contributed by atoms with van der Waals surface area (Å²) < 4.78 is 15.5. The zero-order chi connectivity index (χ0) is 14.0. The van der Waals surface area contributed by atoms with Crippen molar-refractivity contribution in [2.24, 2.45) is 5.73 Å². The highest BCUT2D eigenvalue weighted by Crippen LogP contribution is 2.43. The van der Waals surface area contributed by atoms with E-state index >= 15 is 0 Å². The minimum absolute atomic E-state index is 0.179. The lowest BCUT2D eigenvalue weighted by molar-refractivity contribution is 0.379. The summed E-state index contributed by atoms with van der Waals surface area (Å²) in [6.07, 6.45) is 0. The predicted octanol–water partition coefficient (Wildman–Crippen LogP) is 2.17. The van der Waals surface area contributed by atoms with E-state index in [1.165, 1.54) is 7.11 Å². The molecule has 0 bridgehead atoms. The van der Waals surface area contributed by atoms with Gasteiger partial charge in [0, 0.05) is 0 Å². The minimum atomic E-state index is 0.179. The fraction of sp³-hybridized carbons (Fsp3) is 0.333. The Labute approximate surface area is 115 Å². The first-order valence-corrected chi connectivity index (χ1v) is 5.94. The summed E-state index contributed by atoms with van der Waals surface area (Å²) in [6, 6.07) is 1.83. The Morgan fingerprint density at radius 1 is 1.32 bits per heavy atom. The largest absolute Gasteiger partial charge is 0.495 e. The van der Waals surface area contributed by atoms with Crippen molar-refractivity contribution >= 4 is 11.6 Å². The van der Waals surface area contributed by atoms with Crippen molar-refractivity contribution in [3.8, 4) is 22.9 Å². The molecule has 2 N–H and O–H groups in total. The Balaban J connectivity index is 2.62. The Kier molecular flexibility index (Phi) is 3.92. The lowest BCUT2D eigenvalue weighted by Crippen LogP contribution is -1.98. The van der Waals surface area contributed by atoms with E-state index in [1.807, 2.05) is 13.0 Å². The third kappa shape index (κ3) is 2.36. The number of aryl methyl sites for hydroxylation is 1. The quantitative estimate of drug-likeness (QED) is 0.926. The Hall–Kier alpha value is -1.79. The molecule has 7 heteroatoms. The van der Waals surface area contributed by atoms with Crippen LogP contribution < -0.4 is 15.2 Å². The van der Waals surface area contributed by atoms with Gasteiger partial charge in [0.25, 0.3) is 0 Å². The van der Waals surface area contributed by atoms with Gasteiger partial charge in [-0.25, -0.2) is 0 Å². The lowest BCUT2D eigenvalue weighted by Gasteiger charge is -2.13. The van der Waals surface area contributed by atoms with Gasteiger partial charge in [0.15, 0.2) is 5.75 Å². The van der Waals surface area contributed by atoms with Crippen molar-refractivity contribution in [3.05, 3.63) is 22.5 Å². The highest BCUT2D eigenvalue weighted by atomic mass is 35.5. The van der Waals surface area contributed by atoms with E-state index in [1.54, 1.807) is 7.11 Å². The number of benzene rings is 1. The number of halogens is 1. The highest BCUT2D eigenvalue weighted by molar-refractivity contribution is 6.34. The molecule has 0 radical (unpaired) electrons. The molecular formula is C12H14ClN3O3. The average molecular weight is 284 g/mol. The van der Waals surface area contributed by atoms with Crippen LogP contribution in [0, 0.1) is 6.92 Å². The Morgan fingerprint density at radius 3 is 2.53 bits per heavy atom. The van der Waals surface area contributed by atoms with Gasteiger partial charge < -0.3 is 19.7 Å². The Morgan fingerprint density at radius 2 is 2.00 bits per heavy atom. The maximum absolute atomic E-state index is 6.25. The predicted molar refractivity (Wildman–Crippen MR) is 70.5 cm³/mol. The topological polar surface area (TPSA) is 83.4 Å². The van der Waals surface area contributed by atoms with Crippen LogP contribution in [0.4, 0.5) is 0 Å². The maximum atomic E-state index is 6.25. The molecule has 19 heavy (non-hydrogen) atoms. The molecule has 0 fully saturated rings. The van der Waals surface area contributed by atoms with E-state index in [9.17, 15) is 0 Å². The molecule has 0 saturated heterocycles. The van der Waals surface area contributed by atoms with Crippen molar-refractivity contribution in [2.45, 2.75) is 13.5 Å². The molecule has 0 saturated carbocycles. The molecule has 0 amide bonds. The molecule has 0 aliphatic carbocycles. The van der Waals surface area contributed by atoms with Gasteiger partial charge in [0.05, 0.1) is 26.3 Å². The summed E-state index contributed by atoms with van der Waals surface area (Å²) in [5.41, 5.74) is 6.93. The number of aromatic nitrogens is 2. The van der Waals surface area contributed by atoms with Crippen LogP contribution in [0.25, 0.3) is 11.4 Å². The molecule has 0 aliphatic rings. The van der Waals surface area contributed by atoms with Crippen molar-refractivity contribution in [3.63, 3.8) is 0 Å². The second-order valence-electron chi connectivity index (χ2n) is 3.84. The van der Waals surface area contributed by atoms with Crippen molar-refractivity contribution < 1.29 is 14.0 Å². The normalized spacial score (nSPS) is 10.6. The average Bonchev–Trinajstić information content (AvgIpc) is 2.87. The van der Waals surface area contributed by atoms with E-state index in [0.29, 0.717) is 33.8 Å². The summed E-state index contributed by atoms with van der Waals surface area (Å²) >= 11 is 6.25. The van der Waals surface area contributed by atoms with Crippen molar-refractivity contribution in [1.82, 2.24) is 10.1 Å². The highest BCUT2D eigenvalue weighted by Gasteiger charge is 2.20. The summed E-state index contributed by atoms with van der Waals surface area (Å²) in [6.45, 7) is 2.05. The first kappa shape index (κ1) is 13.6. The van der Waals surface area contributed by atoms with Gasteiger partial charge in [0.2, 0.25) is 11.7 Å². The van der Waals surface area contributed by atoms with Gasteiger partial charge in [0.1, 0.15) is 10.8 Å². The van der Waals surface area contributed by atoms with E-state index in [4.69, 9.17) is 31.3 Å². The second kappa shape index (κ2) is 5.46. The van der Waals surface area contributed by atoms with Gasteiger partial charge in [-0.15, -0.1) is 0 Å². The standard InChI is InChI=1S/C12H14ClN3O3/c1-6-4-7(12-15-8(5-14)19-16-12)11(18-3)9(13)10(6)17-2/h4H,5,14H2,1-3H3. The number of nitrogens with two attached hydrogens (primary N) is 1. The zero-order valence-electron chi connectivity index (χ0n) is 10.9. The van der Waals surface area contributed by atoms with Crippen LogP contribution >= 0.6 is 11.6 Å². The molecule has 0 unspecified atom stereocenters. The van der Waals surface area contributed by atoms with Gasteiger partial charge in [-0.3, -0.25) is 0 Å². The van der Waals surface area contributed by atoms with E-state index in [0.717, 1.165) is 5.56 Å². The van der Waals surface area contributed by atoms with Crippen LogP contribution in [0.1, 0.15) is 11.5 Å². The van der Waals surface area contributed by atoms with E-state index in [-0.39, 0.29) is 6.54 Å². The number of ether oxygens (including phenoxy) is 2. The van der Waals surface area contributed by atoms with Crippen LogP contribution in [0.5, 0.6) is 11.5 Å². The monoisotopic (exact) mass is 283 g/mol. The van der Waals surface area contributed by atoms with E-state index in [2.05, 4.69) is 10.1 Å². The first-order chi connectivity index (χ1) is 9.12. The van der Waals surface area contributed by atoms with Crippen LogP contribution in [0.15, 0.2) is 10.6 Å². The molecule has 1 aromatic carbocycles. The van der Waals surface area contributed by atoms with Gasteiger partial charge in [-0.1, -0.05) is 16.8 Å². The van der Waals surface area contributed by atoms with Gasteiger partial charge in [-0.05, 0) is 18.6 Å². The number of hydrogen-bond donors (Lipinski definition) is 1. The van der Waals surface area contributed by atoms with Gasteiger partial charge >= 0.3 is 0 Å². The molecule has 2 aromatic rings. The first-order valence-electron chi connectivity index (χ1n) is 5.56. The molecule has 102 valence electrons. The molecular weight excluding hydrogens is 270 g/mol. The summed E-state index contributed by atoms with van der Waals surface area (Å²) in [7, 11) is 3.07. The van der Waals surface area contributed by atoms with Crippen LogP contribution in [-0.2, 0) is 6.54 Å². The summed E-state index contributed by atoms with van der Waals surface area (Å²) in [5.74, 6) is 1.73. The molecule has 0 atom stereocenters. The number of rotatable bonds is 4. The second-order valence-corrected chi connectivity index (χ2v) is 4.22. The van der Waals surface area contributed by atoms with Crippen LogP contribution in [-0.4, -0.2) is 24.4 Å². The van der Waals surface area contributed by atoms with Crippen molar-refractivity contribution in [1.29, 1.82) is 0 Å². The molecule has 6 nitrogen and oxygen atoms in total. The third-order valence-corrected chi connectivity index (χ3v) is 3.00. The number of nitrogens with zero attached hydrogens (tertiary/aromatic N) is 2. The molecule has 1 heterocycles. The fourth-order valence-electron chi connectivity index (χ4n) is 1.81. The summed E-state index contributed by atoms with van der Waals surface area (Å²) in [5, 5.41) is 4.23. The number of hydrogen-bond acceptors (Lipinski definition) is 6. The van der Waals surface area contributed by atoms with Crippen molar-refractivity contribution in [2.75, 3.05) is 14.2 Å².